The summed E-state index contributed by atoms with van der Waals surface area (Å²) in [6.07, 6.45) is 4.58. The highest BCUT2D eigenvalue weighted by Crippen LogP contribution is 2.53. The highest BCUT2D eigenvalue weighted by molar-refractivity contribution is 5.78. The smallest absolute Gasteiger partial charge is 0.316 e. The molecule has 3 aliphatic rings. The Balaban J connectivity index is 1.43. The number of hydrogen-bond donors (Lipinski definition) is 1. The summed E-state index contributed by atoms with van der Waals surface area (Å²) in [4.78, 5) is 15.1. The zero-order chi connectivity index (χ0) is 16.0. The van der Waals surface area contributed by atoms with Gasteiger partial charge < -0.3 is 9.84 Å². The van der Waals surface area contributed by atoms with E-state index in [9.17, 15) is 9.90 Å². The first kappa shape index (κ1) is 15.2. The molecule has 2 heterocycles. The molecule has 1 aliphatic carbocycles. The molecule has 0 aromatic heterocycles. The van der Waals surface area contributed by atoms with Gasteiger partial charge in [0, 0.05) is 24.9 Å². The van der Waals surface area contributed by atoms with Crippen LogP contribution < -0.4 is 0 Å². The van der Waals surface area contributed by atoms with Crippen LogP contribution >= 0.6 is 0 Å². The first-order valence-corrected chi connectivity index (χ1v) is 8.77. The zero-order valence-electron chi connectivity index (χ0n) is 13.6. The Morgan fingerprint density at radius 3 is 2.35 bits per heavy atom. The molecule has 3 fully saturated rings. The maximum absolute atomic E-state index is 12.5. The SMILES string of the molecule is CN1C2CC(OC(=O)[C@H](CO)c3ccccc3)CC1[C@@H]1CC[C@H]21. The summed E-state index contributed by atoms with van der Waals surface area (Å²) in [6, 6.07) is 10.6. The molecule has 2 aliphatic heterocycles. The Morgan fingerprint density at radius 1 is 1.22 bits per heavy atom. The third kappa shape index (κ3) is 2.48. The van der Waals surface area contributed by atoms with Crippen molar-refractivity contribution in [1.82, 2.24) is 4.90 Å². The molecule has 1 N–H and O–H groups in total. The lowest BCUT2D eigenvalue weighted by atomic mass is 9.71. The first-order chi connectivity index (χ1) is 11.2. The number of fused-ring (bicyclic) bond motifs is 5. The number of carbonyl (C=O) groups is 1. The molecule has 124 valence electrons. The molecule has 1 aromatic rings. The monoisotopic (exact) mass is 315 g/mol. The number of aliphatic hydroxyl groups is 1. The van der Waals surface area contributed by atoms with E-state index >= 15 is 0 Å². The molecule has 1 saturated carbocycles. The molecule has 2 bridgehead atoms. The van der Waals surface area contributed by atoms with Gasteiger partial charge in [-0.05, 0) is 37.3 Å². The van der Waals surface area contributed by atoms with Gasteiger partial charge in [0.1, 0.15) is 12.0 Å². The summed E-state index contributed by atoms with van der Waals surface area (Å²) >= 11 is 0. The van der Waals surface area contributed by atoms with Gasteiger partial charge in [0.15, 0.2) is 0 Å². The van der Waals surface area contributed by atoms with Crippen LogP contribution in [0.5, 0.6) is 0 Å². The minimum Gasteiger partial charge on any atom is -0.462 e. The number of piperidine rings is 1. The van der Waals surface area contributed by atoms with Crippen molar-refractivity contribution in [3.8, 4) is 0 Å². The van der Waals surface area contributed by atoms with Crippen molar-refractivity contribution in [3.05, 3.63) is 35.9 Å². The molecule has 0 radical (unpaired) electrons. The number of nitrogens with zero attached hydrogens (tertiary/aromatic N) is 1. The summed E-state index contributed by atoms with van der Waals surface area (Å²) in [5, 5.41) is 9.62. The van der Waals surface area contributed by atoms with Crippen LogP contribution in [-0.4, -0.2) is 47.8 Å². The van der Waals surface area contributed by atoms with Crippen LogP contribution in [0.4, 0.5) is 0 Å². The van der Waals surface area contributed by atoms with Crippen LogP contribution in [0.3, 0.4) is 0 Å². The number of rotatable bonds is 4. The van der Waals surface area contributed by atoms with Gasteiger partial charge in [-0.1, -0.05) is 30.3 Å². The fourth-order valence-electron chi connectivity index (χ4n) is 5.02. The van der Waals surface area contributed by atoms with Crippen LogP contribution in [0.25, 0.3) is 0 Å². The third-order valence-electron chi connectivity index (χ3n) is 6.38. The molecular formula is C19H25NO3. The molecule has 4 rings (SSSR count). The number of esters is 1. The molecule has 2 saturated heterocycles. The van der Waals surface area contributed by atoms with E-state index in [1.165, 1.54) is 12.8 Å². The molecule has 23 heavy (non-hydrogen) atoms. The van der Waals surface area contributed by atoms with Gasteiger partial charge in [-0.25, -0.2) is 0 Å². The van der Waals surface area contributed by atoms with Crippen LogP contribution in [0.1, 0.15) is 37.2 Å². The summed E-state index contributed by atoms with van der Waals surface area (Å²) in [6.45, 7) is -0.201. The largest absolute Gasteiger partial charge is 0.462 e. The van der Waals surface area contributed by atoms with E-state index in [-0.39, 0.29) is 18.7 Å². The lowest BCUT2D eigenvalue weighted by molar-refractivity contribution is -0.155. The lowest BCUT2D eigenvalue weighted by Crippen LogP contribution is -2.45. The Hall–Kier alpha value is -1.39. The maximum Gasteiger partial charge on any atom is 0.316 e. The van der Waals surface area contributed by atoms with E-state index in [4.69, 9.17) is 4.74 Å². The van der Waals surface area contributed by atoms with Crippen molar-refractivity contribution in [2.75, 3.05) is 13.7 Å². The lowest BCUT2D eigenvalue weighted by Gasteiger charge is -2.36. The number of ether oxygens (including phenoxy) is 1. The summed E-state index contributed by atoms with van der Waals surface area (Å²) in [5.74, 6) is 0.790. The van der Waals surface area contributed by atoms with Crippen molar-refractivity contribution in [2.45, 2.75) is 49.8 Å². The summed E-state index contributed by atoms with van der Waals surface area (Å²) in [7, 11) is 2.23. The van der Waals surface area contributed by atoms with Crippen molar-refractivity contribution in [2.24, 2.45) is 11.8 Å². The van der Waals surface area contributed by atoms with E-state index in [0.29, 0.717) is 12.1 Å². The highest BCUT2D eigenvalue weighted by atomic mass is 16.5. The van der Waals surface area contributed by atoms with Gasteiger partial charge in [-0.2, -0.15) is 0 Å². The number of aliphatic hydroxyl groups excluding tert-OH is 1. The van der Waals surface area contributed by atoms with Gasteiger partial charge in [0.2, 0.25) is 0 Å². The Bertz CT molecular complexity index is 551. The molecule has 0 spiro atoms. The van der Waals surface area contributed by atoms with Gasteiger partial charge in [0.05, 0.1) is 6.61 Å². The molecule has 6 atom stereocenters. The molecule has 4 heteroatoms. The van der Waals surface area contributed by atoms with Crippen LogP contribution in [-0.2, 0) is 9.53 Å². The topological polar surface area (TPSA) is 49.8 Å². The zero-order valence-corrected chi connectivity index (χ0v) is 13.6. The minimum atomic E-state index is -0.565. The number of benzene rings is 1. The van der Waals surface area contributed by atoms with E-state index < -0.39 is 5.92 Å². The maximum atomic E-state index is 12.5. The number of hydrogen-bond acceptors (Lipinski definition) is 4. The van der Waals surface area contributed by atoms with E-state index in [1.54, 1.807) is 0 Å². The van der Waals surface area contributed by atoms with Gasteiger partial charge in [-0.3, -0.25) is 9.69 Å². The predicted molar refractivity (Wildman–Crippen MR) is 86.9 cm³/mol. The minimum absolute atomic E-state index is 0.0112. The van der Waals surface area contributed by atoms with Crippen LogP contribution in [0.15, 0.2) is 30.3 Å². The van der Waals surface area contributed by atoms with Crippen molar-refractivity contribution in [1.29, 1.82) is 0 Å². The molecule has 3 unspecified atom stereocenters. The normalized spacial score (nSPS) is 36.9. The second-order valence-corrected chi connectivity index (χ2v) is 7.38. The van der Waals surface area contributed by atoms with Crippen molar-refractivity contribution in [3.63, 3.8) is 0 Å². The van der Waals surface area contributed by atoms with Gasteiger partial charge in [0.25, 0.3) is 0 Å². The third-order valence-corrected chi connectivity index (χ3v) is 6.38. The summed E-state index contributed by atoms with van der Waals surface area (Å²) in [5.41, 5.74) is 0.830. The molecule has 1 aromatic carbocycles. The molecular weight excluding hydrogens is 290 g/mol. The van der Waals surface area contributed by atoms with E-state index in [0.717, 1.165) is 30.2 Å². The van der Waals surface area contributed by atoms with Gasteiger partial charge in [-0.15, -0.1) is 0 Å². The van der Waals surface area contributed by atoms with E-state index in [2.05, 4.69) is 11.9 Å². The van der Waals surface area contributed by atoms with Crippen LogP contribution in [0.2, 0.25) is 0 Å². The second-order valence-electron chi connectivity index (χ2n) is 7.38. The van der Waals surface area contributed by atoms with Gasteiger partial charge >= 0.3 is 5.97 Å². The molecule has 0 amide bonds. The predicted octanol–water partition coefficient (Wildman–Crippen LogP) is 2.18. The second kappa shape index (κ2) is 5.91. The highest BCUT2D eigenvalue weighted by Gasteiger charge is 2.55. The van der Waals surface area contributed by atoms with Crippen molar-refractivity contribution >= 4 is 5.97 Å². The standard InChI is InChI=1S/C19H25NO3/c1-20-17-9-13(10-18(20)15-8-7-14(15)17)23-19(22)16(11-21)12-5-3-2-4-6-12/h2-6,13-18,21H,7-11H2,1H3/t13?,14-,15+,16-,17?,18?/m1/s1. The first-order valence-electron chi connectivity index (χ1n) is 8.77. The molecule has 4 nitrogen and oxygen atoms in total. The quantitative estimate of drug-likeness (QED) is 0.865. The number of carbonyl (C=O) groups excluding carboxylic acids is 1. The fourth-order valence-corrected chi connectivity index (χ4v) is 5.02. The summed E-state index contributed by atoms with van der Waals surface area (Å²) < 4.78 is 5.83. The van der Waals surface area contributed by atoms with Crippen LogP contribution in [0, 0.1) is 11.8 Å². The van der Waals surface area contributed by atoms with E-state index in [1.807, 2.05) is 30.3 Å². The average molecular weight is 315 g/mol. The Kier molecular flexibility index (Phi) is 3.90. The Labute approximate surface area is 137 Å². The Morgan fingerprint density at radius 2 is 1.83 bits per heavy atom. The van der Waals surface area contributed by atoms with Crippen molar-refractivity contribution < 1.29 is 14.6 Å². The average Bonchev–Trinajstić information content (AvgIpc) is 2.62. The fraction of sp³-hybridized carbons (Fsp3) is 0.632.